The van der Waals surface area contributed by atoms with Gasteiger partial charge in [-0.1, -0.05) is 0 Å². The third kappa shape index (κ3) is 2.21. The number of β-amino-alcohol motifs (C(OH)–C–C–N with tert-alkyl or cyclic N) is 1. The molecule has 0 aromatic carbocycles. The van der Waals surface area contributed by atoms with Gasteiger partial charge in [-0.05, 0) is 26.4 Å². The molecule has 1 rings (SSSR count). The molecule has 0 bridgehead atoms. The molecule has 0 aromatic heterocycles. The summed E-state index contributed by atoms with van der Waals surface area (Å²) in [4.78, 5) is 2.13. The third-order valence-corrected chi connectivity index (χ3v) is 2.18. The first kappa shape index (κ1) is 8.58. The molecule has 62 valence electrons. The third-order valence-electron chi connectivity index (χ3n) is 2.18. The molecule has 1 N–H and O–H groups in total. The largest absolute Gasteiger partial charge is 0.388 e. The SMILES string of the molecule is C#CCC1(O)CCCN(C)C1. The molecule has 1 fully saturated rings. The molecule has 1 saturated heterocycles. The standard InChI is InChI=1S/C9H15NO/c1-3-5-9(11)6-4-7-10(2)8-9/h1,11H,4-8H2,2H3. The Morgan fingerprint density at radius 1 is 1.73 bits per heavy atom. The first-order chi connectivity index (χ1) is 5.16. The van der Waals surface area contributed by atoms with E-state index in [1.54, 1.807) is 0 Å². The van der Waals surface area contributed by atoms with E-state index in [0.29, 0.717) is 6.42 Å². The second-order valence-corrected chi connectivity index (χ2v) is 3.45. The highest BCUT2D eigenvalue weighted by Crippen LogP contribution is 2.22. The van der Waals surface area contributed by atoms with E-state index in [1.165, 1.54) is 0 Å². The highest BCUT2D eigenvalue weighted by atomic mass is 16.3. The Kier molecular flexibility index (Phi) is 2.53. The number of piperidine rings is 1. The summed E-state index contributed by atoms with van der Waals surface area (Å²) < 4.78 is 0. The van der Waals surface area contributed by atoms with Crippen LogP contribution in [0.2, 0.25) is 0 Å². The number of rotatable bonds is 1. The number of nitrogens with zero attached hydrogens (tertiary/aromatic N) is 1. The van der Waals surface area contributed by atoms with Gasteiger partial charge in [-0.15, -0.1) is 12.3 Å². The van der Waals surface area contributed by atoms with Crippen molar-refractivity contribution in [3.05, 3.63) is 0 Å². The molecule has 11 heavy (non-hydrogen) atoms. The molecule has 0 amide bonds. The highest BCUT2D eigenvalue weighted by Gasteiger charge is 2.30. The van der Waals surface area contributed by atoms with E-state index in [-0.39, 0.29) is 0 Å². The van der Waals surface area contributed by atoms with Crippen LogP contribution in [0.15, 0.2) is 0 Å². The van der Waals surface area contributed by atoms with Gasteiger partial charge in [0, 0.05) is 13.0 Å². The summed E-state index contributed by atoms with van der Waals surface area (Å²) in [6.07, 6.45) is 7.54. The summed E-state index contributed by atoms with van der Waals surface area (Å²) in [6, 6.07) is 0. The Morgan fingerprint density at radius 3 is 3.00 bits per heavy atom. The topological polar surface area (TPSA) is 23.5 Å². The summed E-state index contributed by atoms with van der Waals surface area (Å²) >= 11 is 0. The maximum absolute atomic E-state index is 9.86. The predicted octanol–water partition coefficient (Wildman–Crippen LogP) is 0.466. The van der Waals surface area contributed by atoms with Gasteiger partial charge in [0.2, 0.25) is 0 Å². The van der Waals surface area contributed by atoms with E-state index in [0.717, 1.165) is 25.9 Å². The van der Waals surface area contributed by atoms with Crippen molar-refractivity contribution < 1.29 is 5.11 Å². The summed E-state index contributed by atoms with van der Waals surface area (Å²) in [7, 11) is 2.01. The van der Waals surface area contributed by atoms with Crippen molar-refractivity contribution in [2.24, 2.45) is 0 Å². The summed E-state index contributed by atoms with van der Waals surface area (Å²) in [5, 5.41) is 9.86. The molecule has 0 aliphatic carbocycles. The number of aliphatic hydroxyl groups is 1. The number of hydrogen-bond acceptors (Lipinski definition) is 2. The van der Waals surface area contributed by atoms with Crippen LogP contribution in [-0.4, -0.2) is 35.7 Å². The summed E-state index contributed by atoms with van der Waals surface area (Å²) in [5.74, 6) is 2.52. The minimum absolute atomic E-state index is 0.483. The fourth-order valence-corrected chi connectivity index (χ4v) is 1.67. The number of hydrogen-bond donors (Lipinski definition) is 1. The van der Waals surface area contributed by atoms with Crippen molar-refractivity contribution in [1.29, 1.82) is 0 Å². The second-order valence-electron chi connectivity index (χ2n) is 3.45. The minimum atomic E-state index is -0.609. The quantitative estimate of drug-likeness (QED) is 0.553. The van der Waals surface area contributed by atoms with Crippen LogP contribution in [0.3, 0.4) is 0 Å². The van der Waals surface area contributed by atoms with Gasteiger partial charge in [0.1, 0.15) is 0 Å². The van der Waals surface area contributed by atoms with Crippen LogP contribution < -0.4 is 0 Å². The highest BCUT2D eigenvalue weighted by molar-refractivity contribution is 4.98. The lowest BCUT2D eigenvalue weighted by Gasteiger charge is -2.36. The molecule has 2 heteroatoms. The summed E-state index contributed by atoms with van der Waals surface area (Å²) in [5.41, 5.74) is -0.609. The van der Waals surface area contributed by atoms with Crippen molar-refractivity contribution in [2.75, 3.05) is 20.1 Å². The van der Waals surface area contributed by atoms with Crippen LogP contribution in [0.5, 0.6) is 0 Å². The number of likely N-dealkylation sites (tertiary alicyclic amines) is 1. The van der Waals surface area contributed by atoms with Crippen molar-refractivity contribution >= 4 is 0 Å². The summed E-state index contributed by atoms with van der Waals surface area (Å²) in [6.45, 7) is 1.80. The van der Waals surface area contributed by atoms with Crippen molar-refractivity contribution in [2.45, 2.75) is 24.9 Å². The smallest absolute Gasteiger partial charge is 0.0882 e. The number of terminal acetylenes is 1. The Morgan fingerprint density at radius 2 is 2.45 bits per heavy atom. The molecular formula is C9H15NO. The van der Waals surface area contributed by atoms with E-state index >= 15 is 0 Å². The van der Waals surface area contributed by atoms with Gasteiger partial charge in [-0.2, -0.15) is 0 Å². The van der Waals surface area contributed by atoms with E-state index in [1.807, 2.05) is 7.05 Å². The molecular weight excluding hydrogens is 138 g/mol. The molecule has 0 spiro atoms. The molecule has 1 unspecified atom stereocenters. The normalized spacial score (nSPS) is 33.2. The lowest BCUT2D eigenvalue weighted by molar-refractivity contribution is -0.0185. The lowest BCUT2D eigenvalue weighted by Crippen LogP contribution is -2.46. The van der Waals surface area contributed by atoms with E-state index < -0.39 is 5.60 Å². The van der Waals surface area contributed by atoms with Gasteiger partial charge < -0.3 is 10.0 Å². The van der Waals surface area contributed by atoms with Crippen LogP contribution in [0, 0.1) is 12.3 Å². The average Bonchev–Trinajstić information content (AvgIpc) is 1.86. The van der Waals surface area contributed by atoms with Crippen LogP contribution in [0.4, 0.5) is 0 Å². The first-order valence-corrected chi connectivity index (χ1v) is 4.01. The van der Waals surface area contributed by atoms with E-state index in [4.69, 9.17) is 6.42 Å². The molecule has 2 nitrogen and oxygen atoms in total. The average molecular weight is 153 g/mol. The zero-order chi connectivity index (χ0) is 8.32. The van der Waals surface area contributed by atoms with E-state index in [2.05, 4.69) is 10.8 Å². The van der Waals surface area contributed by atoms with Crippen molar-refractivity contribution in [3.63, 3.8) is 0 Å². The molecule has 1 heterocycles. The molecule has 1 aliphatic rings. The molecule has 0 aromatic rings. The molecule has 1 atom stereocenters. The first-order valence-electron chi connectivity index (χ1n) is 4.01. The van der Waals surface area contributed by atoms with Crippen LogP contribution in [0.25, 0.3) is 0 Å². The van der Waals surface area contributed by atoms with Gasteiger partial charge in [0.25, 0.3) is 0 Å². The monoisotopic (exact) mass is 153 g/mol. The van der Waals surface area contributed by atoms with E-state index in [9.17, 15) is 5.11 Å². The Balaban J connectivity index is 2.50. The maximum Gasteiger partial charge on any atom is 0.0882 e. The number of likely N-dealkylation sites (N-methyl/N-ethyl adjacent to an activating group) is 1. The Hall–Kier alpha value is -0.520. The Labute approximate surface area is 68.2 Å². The van der Waals surface area contributed by atoms with Crippen molar-refractivity contribution in [1.82, 2.24) is 4.90 Å². The molecule has 0 saturated carbocycles. The fraction of sp³-hybridized carbons (Fsp3) is 0.778. The van der Waals surface area contributed by atoms with Crippen LogP contribution >= 0.6 is 0 Å². The second kappa shape index (κ2) is 3.25. The minimum Gasteiger partial charge on any atom is -0.388 e. The van der Waals surface area contributed by atoms with Gasteiger partial charge in [0.05, 0.1) is 5.60 Å². The maximum atomic E-state index is 9.86. The lowest BCUT2D eigenvalue weighted by atomic mass is 9.90. The van der Waals surface area contributed by atoms with Crippen molar-refractivity contribution in [3.8, 4) is 12.3 Å². The van der Waals surface area contributed by atoms with Gasteiger partial charge >= 0.3 is 0 Å². The van der Waals surface area contributed by atoms with Crippen LogP contribution in [0.1, 0.15) is 19.3 Å². The zero-order valence-electron chi connectivity index (χ0n) is 7.01. The Bertz CT molecular complexity index is 173. The molecule has 1 aliphatic heterocycles. The molecule has 0 radical (unpaired) electrons. The fourth-order valence-electron chi connectivity index (χ4n) is 1.67. The van der Waals surface area contributed by atoms with Gasteiger partial charge in [-0.25, -0.2) is 0 Å². The van der Waals surface area contributed by atoms with Gasteiger partial charge in [-0.3, -0.25) is 0 Å². The van der Waals surface area contributed by atoms with Gasteiger partial charge in [0.15, 0.2) is 0 Å². The van der Waals surface area contributed by atoms with Crippen LogP contribution in [-0.2, 0) is 0 Å². The predicted molar refractivity (Wildman–Crippen MR) is 45.1 cm³/mol. The zero-order valence-corrected chi connectivity index (χ0v) is 7.01.